The Hall–Kier alpha value is -2.28. The molecule has 1 atom stereocenters. The summed E-state index contributed by atoms with van der Waals surface area (Å²) in [5, 5.41) is 7.10. The number of benzene rings is 1. The lowest BCUT2D eigenvalue weighted by molar-refractivity contribution is 0.120. The summed E-state index contributed by atoms with van der Waals surface area (Å²) in [6.07, 6.45) is 2.36. The first-order valence-electron chi connectivity index (χ1n) is 7.22. The molecule has 2 heterocycles. The third kappa shape index (κ3) is 2.99. The summed E-state index contributed by atoms with van der Waals surface area (Å²) in [4.78, 5) is 4.35. The van der Waals surface area contributed by atoms with Crippen molar-refractivity contribution in [3.8, 4) is 22.9 Å². The molecule has 1 aromatic heterocycles. The van der Waals surface area contributed by atoms with Crippen LogP contribution in [0.4, 0.5) is 6.01 Å². The molecule has 22 heavy (non-hydrogen) atoms. The maximum Gasteiger partial charge on any atom is 0.321 e. The fourth-order valence-electron chi connectivity index (χ4n) is 2.47. The van der Waals surface area contributed by atoms with Crippen LogP contribution in [0.2, 0.25) is 0 Å². The molecule has 1 aliphatic rings. The van der Waals surface area contributed by atoms with Crippen LogP contribution < -0.4 is 14.8 Å². The number of nitrogens with zero attached hydrogens (tertiary/aromatic N) is 2. The van der Waals surface area contributed by atoms with Crippen molar-refractivity contribution in [2.45, 2.75) is 18.9 Å². The van der Waals surface area contributed by atoms with E-state index in [2.05, 4.69) is 15.5 Å². The molecule has 2 aromatic rings. The van der Waals surface area contributed by atoms with Gasteiger partial charge in [0.2, 0.25) is 5.82 Å². The minimum atomic E-state index is 0.210. The number of aromatic nitrogens is 2. The molecule has 7 heteroatoms. The predicted octanol–water partition coefficient (Wildman–Crippen LogP) is 2.34. The average molecular weight is 305 g/mol. The smallest absolute Gasteiger partial charge is 0.321 e. The number of nitrogens with one attached hydrogen (secondary N) is 1. The summed E-state index contributed by atoms with van der Waals surface area (Å²) in [6.45, 7) is 1.49. The van der Waals surface area contributed by atoms with E-state index in [1.165, 1.54) is 0 Å². The summed E-state index contributed by atoms with van der Waals surface area (Å²) < 4.78 is 21.4. The second kappa shape index (κ2) is 6.65. The molecule has 0 spiro atoms. The van der Waals surface area contributed by atoms with Crippen molar-refractivity contribution in [2.24, 2.45) is 0 Å². The molecule has 0 bridgehead atoms. The van der Waals surface area contributed by atoms with Crippen LogP contribution in [0.1, 0.15) is 12.8 Å². The molecule has 0 unspecified atom stereocenters. The van der Waals surface area contributed by atoms with Crippen molar-refractivity contribution in [1.29, 1.82) is 0 Å². The molecule has 0 aliphatic carbocycles. The molecule has 0 saturated carbocycles. The normalized spacial score (nSPS) is 17.5. The molecule has 1 saturated heterocycles. The molecule has 7 nitrogen and oxygen atoms in total. The highest BCUT2D eigenvalue weighted by Crippen LogP contribution is 2.36. The molecule has 3 rings (SSSR count). The minimum absolute atomic E-state index is 0.210. The Labute approximate surface area is 128 Å². The molecule has 1 aliphatic heterocycles. The zero-order valence-electron chi connectivity index (χ0n) is 12.7. The van der Waals surface area contributed by atoms with E-state index < -0.39 is 0 Å². The molecule has 0 amide bonds. The van der Waals surface area contributed by atoms with E-state index in [-0.39, 0.29) is 6.10 Å². The Balaban J connectivity index is 1.75. The highest BCUT2D eigenvalue weighted by molar-refractivity contribution is 5.68. The summed E-state index contributed by atoms with van der Waals surface area (Å²) >= 11 is 0. The minimum Gasteiger partial charge on any atom is -0.493 e. The van der Waals surface area contributed by atoms with E-state index in [1.54, 1.807) is 14.2 Å². The Morgan fingerprint density at radius 1 is 1.32 bits per heavy atom. The van der Waals surface area contributed by atoms with Gasteiger partial charge in [-0.15, -0.1) is 0 Å². The third-order valence-electron chi connectivity index (χ3n) is 3.57. The topological polar surface area (TPSA) is 78.6 Å². The molecule has 1 N–H and O–H groups in total. The van der Waals surface area contributed by atoms with Crippen molar-refractivity contribution in [1.82, 2.24) is 10.1 Å². The van der Waals surface area contributed by atoms with Gasteiger partial charge in [-0.3, -0.25) is 0 Å². The van der Waals surface area contributed by atoms with E-state index in [1.807, 2.05) is 18.2 Å². The van der Waals surface area contributed by atoms with Gasteiger partial charge < -0.3 is 24.1 Å². The monoisotopic (exact) mass is 305 g/mol. The van der Waals surface area contributed by atoms with Crippen molar-refractivity contribution >= 4 is 6.01 Å². The van der Waals surface area contributed by atoms with E-state index in [0.29, 0.717) is 29.9 Å². The third-order valence-corrected chi connectivity index (χ3v) is 3.57. The van der Waals surface area contributed by atoms with Gasteiger partial charge in [0.05, 0.1) is 25.9 Å². The number of hydrogen-bond acceptors (Lipinski definition) is 7. The van der Waals surface area contributed by atoms with Gasteiger partial charge >= 0.3 is 6.01 Å². The molecule has 0 radical (unpaired) electrons. The largest absolute Gasteiger partial charge is 0.493 e. The lowest BCUT2D eigenvalue weighted by Gasteiger charge is -2.09. The Morgan fingerprint density at radius 3 is 2.95 bits per heavy atom. The number of methoxy groups -OCH3 is 2. The Kier molecular flexibility index (Phi) is 4.43. The van der Waals surface area contributed by atoms with Gasteiger partial charge in [-0.25, -0.2) is 0 Å². The van der Waals surface area contributed by atoms with E-state index in [9.17, 15) is 0 Å². The maximum atomic E-state index is 5.54. The quantitative estimate of drug-likeness (QED) is 0.877. The second-order valence-electron chi connectivity index (χ2n) is 4.98. The van der Waals surface area contributed by atoms with E-state index >= 15 is 0 Å². The molecule has 1 aromatic carbocycles. The van der Waals surface area contributed by atoms with Gasteiger partial charge in [0.25, 0.3) is 0 Å². The summed E-state index contributed by atoms with van der Waals surface area (Å²) in [6, 6.07) is 5.90. The Bertz CT molecular complexity index is 623. The molecule has 118 valence electrons. The number of rotatable bonds is 6. The van der Waals surface area contributed by atoms with Crippen LogP contribution in [-0.2, 0) is 4.74 Å². The SMILES string of the molecule is COc1cccc(-c2noc(NC[C@H]3CCCO3)n2)c1OC. The number of hydrogen-bond donors (Lipinski definition) is 1. The number of ether oxygens (including phenoxy) is 3. The van der Waals surface area contributed by atoms with Crippen LogP contribution in [0.25, 0.3) is 11.4 Å². The fourth-order valence-corrected chi connectivity index (χ4v) is 2.47. The average Bonchev–Trinajstić information content (AvgIpc) is 3.23. The van der Waals surface area contributed by atoms with Crippen LogP contribution >= 0.6 is 0 Å². The van der Waals surface area contributed by atoms with Gasteiger partial charge in [0.1, 0.15) is 0 Å². The van der Waals surface area contributed by atoms with Gasteiger partial charge in [-0.1, -0.05) is 11.2 Å². The fraction of sp³-hybridized carbons (Fsp3) is 0.467. The van der Waals surface area contributed by atoms with Crippen molar-refractivity contribution in [3.63, 3.8) is 0 Å². The van der Waals surface area contributed by atoms with E-state index in [0.717, 1.165) is 25.0 Å². The zero-order valence-corrected chi connectivity index (χ0v) is 12.7. The second-order valence-corrected chi connectivity index (χ2v) is 4.98. The first-order chi connectivity index (χ1) is 10.8. The summed E-state index contributed by atoms with van der Waals surface area (Å²) in [5.74, 6) is 1.65. The van der Waals surface area contributed by atoms with Crippen molar-refractivity contribution in [2.75, 3.05) is 32.7 Å². The lowest BCUT2D eigenvalue weighted by Crippen LogP contribution is -2.18. The van der Waals surface area contributed by atoms with Gasteiger partial charge in [0.15, 0.2) is 11.5 Å². The number of anilines is 1. The summed E-state index contributed by atoms with van der Waals surface area (Å²) in [7, 11) is 3.17. The van der Waals surface area contributed by atoms with Gasteiger partial charge in [-0.2, -0.15) is 4.98 Å². The van der Waals surface area contributed by atoms with E-state index in [4.69, 9.17) is 18.7 Å². The first-order valence-corrected chi connectivity index (χ1v) is 7.22. The van der Waals surface area contributed by atoms with Gasteiger partial charge in [0, 0.05) is 13.2 Å². The molecular formula is C15H19N3O4. The zero-order chi connectivity index (χ0) is 15.4. The first kappa shape index (κ1) is 14.6. The van der Waals surface area contributed by atoms with Crippen LogP contribution in [0.5, 0.6) is 11.5 Å². The van der Waals surface area contributed by atoms with Crippen LogP contribution in [0.3, 0.4) is 0 Å². The van der Waals surface area contributed by atoms with Crippen LogP contribution in [0.15, 0.2) is 22.7 Å². The predicted molar refractivity (Wildman–Crippen MR) is 80.3 cm³/mol. The molecular weight excluding hydrogens is 286 g/mol. The van der Waals surface area contributed by atoms with Crippen LogP contribution in [0, 0.1) is 0 Å². The van der Waals surface area contributed by atoms with Crippen molar-refractivity contribution in [3.05, 3.63) is 18.2 Å². The van der Waals surface area contributed by atoms with Crippen molar-refractivity contribution < 1.29 is 18.7 Å². The number of para-hydroxylation sites is 1. The Morgan fingerprint density at radius 2 is 2.23 bits per heavy atom. The lowest BCUT2D eigenvalue weighted by atomic mass is 10.2. The highest BCUT2D eigenvalue weighted by Gasteiger charge is 2.19. The van der Waals surface area contributed by atoms with Gasteiger partial charge in [-0.05, 0) is 25.0 Å². The molecule has 1 fully saturated rings. The van der Waals surface area contributed by atoms with Crippen LogP contribution in [-0.4, -0.2) is 43.6 Å². The standard InChI is InChI=1S/C15H19N3O4/c1-19-12-7-3-6-11(13(12)20-2)14-17-15(22-18-14)16-9-10-5-4-8-21-10/h3,6-7,10H,4-5,8-9H2,1-2H3,(H,16,17,18)/t10-/m1/s1. The summed E-state index contributed by atoms with van der Waals surface area (Å²) in [5.41, 5.74) is 0.718. The maximum absolute atomic E-state index is 5.54. The highest BCUT2D eigenvalue weighted by atomic mass is 16.5.